The van der Waals surface area contributed by atoms with Gasteiger partial charge in [0.15, 0.2) is 14.6 Å². The lowest BCUT2D eigenvalue weighted by molar-refractivity contribution is -0.132. The highest BCUT2D eigenvalue weighted by Crippen LogP contribution is 2.35. The van der Waals surface area contributed by atoms with Gasteiger partial charge in [0.05, 0.1) is 4.90 Å². The summed E-state index contributed by atoms with van der Waals surface area (Å²) in [6.07, 6.45) is 0.150. The Morgan fingerprint density at radius 3 is 2.30 bits per heavy atom. The molecule has 1 fully saturated rings. The number of halogens is 1. The molecule has 0 radical (unpaired) electrons. The maximum atomic E-state index is 13.3. The SMILES string of the molecule is Cl.O=C(NO)C1(S(=O)(=O)c2cccc(Oc3ccccc3)c2)CCNCC1. The summed E-state index contributed by atoms with van der Waals surface area (Å²) in [5, 5.41) is 12.1. The molecule has 1 heterocycles. The third-order valence-electron chi connectivity index (χ3n) is 4.54. The zero-order valence-electron chi connectivity index (χ0n) is 14.4. The van der Waals surface area contributed by atoms with Crippen molar-refractivity contribution in [3.63, 3.8) is 0 Å². The van der Waals surface area contributed by atoms with E-state index in [2.05, 4.69) is 5.32 Å². The first-order valence-electron chi connectivity index (χ1n) is 8.22. The Labute approximate surface area is 164 Å². The maximum absolute atomic E-state index is 13.3. The Bertz CT molecular complexity index is 884. The second kappa shape index (κ2) is 8.71. The quantitative estimate of drug-likeness (QED) is 0.514. The van der Waals surface area contributed by atoms with E-state index < -0.39 is 20.5 Å². The minimum Gasteiger partial charge on any atom is -0.457 e. The molecule has 0 unspecified atom stereocenters. The highest BCUT2D eigenvalue weighted by atomic mass is 35.5. The number of piperidine rings is 1. The Morgan fingerprint density at radius 1 is 1.04 bits per heavy atom. The van der Waals surface area contributed by atoms with Gasteiger partial charge in [0.1, 0.15) is 11.5 Å². The number of hydrogen-bond donors (Lipinski definition) is 3. The van der Waals surface area contributed by atoms with Gasteiger partial charge in [-0.15, -0.1) is 12.4 Å². The normalized spacial score (nSPS) is 16.0. The van der Waals surface area contributed by atoms with Crippen LogP contribution in [0.4, 0.5) is 0 Å². The van der Waals surface area contributed by atoms with Crippen molar-refractivity contribution in [2.75, 3.05) is 13.1 Å². The van der Waals surface area contributed by atoms with Gasteiger partial charge in [-0.2, -0.15) is 0 Å². The summed E-state index contributed by atoms with van der Waals surface area (Å²) in [6, 6.07) is 15.0. The van der Waals surface area contributed by atoms with Crippen LogP contribution in [0.15, 0.2) is 59.5 Å². The van der Waals surface area contributed by atoms with Crippen LogP contribution in [-0.4, -0.2) is 37.4 Å². The lowest BCUT2D eigenvalue weighted by Gasteiger charge is -2.34. The standard InChI is InChI=1S/C18H20N2O5S.ClH/c21-17(20-22)18(9-11-19-12-10-18)26(23,24)16-8-4-7-15(13-16)25-14-5-2-1-3-6-14;/h1-8,13,19,22H,9-12H2,(H,20,21);1H. The van der Waals surface area contributed by atoms with E-state index >= 15 is 0 Å². The van der Waals surface area contributed by atoms with Crippen LogP contribution >= 0.6 is 12.4 Å². The minimum absolute atomic E-state index is 0. The molecule has 1 aliphatic rings. The van der Waals surface area contributed by atoms with Crippen molar-refractivity contribution in [3.05, 3.63) is 54.6 Å². The number of benzene rings is 2. The van der Waals surface area contributed by atoms with Crippen LogP contribution in [0.5, 0.6) is 11.5 Å². The Morgan fingerprint density at radius 2 is 1.67 bits per heavy atom. The number of hydroxylamine groups is 1. The van der Waals surface area contributed by atoms with Gasteiger partial charge in [-0.05, 0) is 56.3 Å². The molecule has 0 aromatic heterocycles. The monoisotopic (exact) mass is 412 g/mol. The van der Waals surface area contributed by atoms with E-state index in [9.17, 15) is 13.2 Å². The fraction of sp³-hybridized carbons (Fsp3) is 0.278. The number of carbonyl (C=O) groups excluding carboxylic acids is 1. The number of amides is 1. The summed E-state index contributed by atoms with van der Waals surface area (Å²) in [5.41, 5.74) is 1.53. The van der Waals surface area contributed by atoms with Crippen LogP contribution in [0, 0.1) is 0 Å². The molecule has 1 saturated heterocycles. The molecule has 2 aromatic rings. The van der Waals surface area contributed by atoms with E-state index in [0.717, 1.165) is 0 Å². The maximum Gasteiger partial charge on any atom is 0.265 e. The van der Waals surface area contributed by atoms with Crippen LogP contribution in [0.25, 0.3) is 0 Å². The number of para-hydroxylation sites is 1. The zero-order chi connectivity index (χ0) is 18.6. The summed E-state index contributed by atoms with van der Waals surface area (Å²) in [4.78, 5) is 12.3. The molecule has 27 heavy (non-hydrogen) atoms. The minimum atomic E-state index is -4.04. The van der Waals surface area contributed by atoms with Gasteiger partial charge in [0, 0.05) is 0 Å². The summed E-state index contributed by atoms with van der Waals surface area (Å²) < 4.78 is 30.5. The zero-order valence-corrected chi connectivity index (χ0v) is 16.1. The molecule has 0 saturated carbocycles. The highest BCUT2D eigenvalue weighted by molar-refractivity contribution is 7.93. The second-order valence-corrected chi connectivity index (χ2v) is 8.34. The number of nitrogens with one attached hydrogen (secondary N) is 2. The average Bonchev–Trinajstić information content (AvgIpc) is 2.68. The second-order valence-electron chi connectivity index (χ2n) is 6.08. The molecule has 0 atom stereocenters. The molecule has 3 N–H and O–H groups in total. The third-order valence-corrected chi connectivity index (χ3v) is 7.03. The third kappa shape index (κ3) is 4.08. The molecule has 0 bridgehead atoms. The van der Waals surface area contributed by atoms with E-state index in [1.807, 2.05) is 18.2 Å². The number of ether oxygens (including phenoxy) is 1. The molecule has 0 aliphatic carbocycles. The summed E-state index contributed by atoms with van der Waals surface area (Å²) in [5.74, 6) is 0.0193. The first kappa shape index (κ1) is 21.2. The van der Waals surface area contributed by atoms with Gasteiger partial charge in [0.25, 0.3) is 5.91 Å². The number of carbonyl (C=O) groups is 1. The summed E-state index contributed by atoms with van der Waals surface area (Å²) in [7, 11) is -4.04. The van der Waals surface area contributed by atoms with Crippen molar-refractivity contribution in [2.45, 2.75) is 22.5 Å². The van der Waals surface area contributed by atoms with Gasteiger partial charge < -0.3 is 10.1 Å². The topological polar surface area (TPSA) is 105 Å². The summed E-state index contributed by atoms with van der Waals surface area (Å²) >= 11 is 0. The smallest absolute Gasteiger partial charge is 0.265 e. The van der Waals surface area contributed by atoms with Crippen molar-refractivity contribution < 1.29 is 23.2 Å². The fourth-order valence-corrected chi connectivity index (χ4v) is 5.12. The van der Waals surface area contributed by atoms with Crippen LogP contribution in [0.3, 0.4) is 0 Å². The molecule has 1 aliphatic heterocycles. The molecular weight excluding hydrogens is 392 g/mol. The van der Waals surface area contributed by atoms with Crippen molar-refractivity contribution in [1.82, 2.24) is 10.8 Å². The molecule has 1 amide bonds. The predicted molar refractivity (Wildman–Crippen MR) is 102 cm³/mol. The van der Waals surface area contributed by atoms with Gasteiger partial charge in [0.2, 0.25) is 0 Å². The van der Waals surface area contributed by atoms with Crippen molar-refractivity contribution >= 4 is 28.2 Å². The van der Waals surface area contributed by atoms with Crippen LogP contribution in [0.2, 0.25) is 0 Å². The molecule has 0 spiro atoms. The Balaban J connectivity index is 0.00000261. The lowest BCUT2D eigenvalue weighted by atomic mass is 9.96. The van der Waals surface area contributed by atoms with Crippen LogP contribution in [-0.2, 0) is 14.6 Å². The molecule has 146 valence electrons. The van der Waals surface area contributed by atoms with Crippen molar-refractivity contribution in [1.29, 1.82) is 0 Å². The number of sulfone groups is 1. The lowest BCUT2D eigenvalue weighted by Crippen LogP contribution is -2.57. The highest BCUT2D eigenvalue weighted by Gasteiger charge is 2.51. The molecule has 2 aromatic carbocycles. The van der Waals surface area contributed by atoms with E-state index in [-0.39, 0.29) is 30.1 Å². The molecule has 3 rings (SSSR count). The van der Waals surface area contributed by atoms with Gasteiger partial charge in [-0.25, -0.2) is 13.9 Å². The first-order chi connectivity index (χ1) is 12.5. The van der Waals surface area contributed by atoms with Crippen LogP contribution in [0.1, 0.15) is 12.8 Å². The first-order valence-corrected chi connectivity index (χ1v) is 9.71. The van der Waals surface area contributed by atoms with E-state index in [0.29, 0.717) is 24.6 Å². The van der Waals surface area contributed by atoms with Gasteiger partial charge in [-0.1, -0.05) is 24.3 Å². The molecule has 9 heteroatoms. The van der Waals surface area contributed by atoms with Gasteiger partial charge >= 0.3 is 0 Å². The molecular formula is C18H21ClN2O5S. The van der Waals surface area contributed by atoms with E-state index in [1.165, 1.54) is 17.6 Å². The number of hydrogen-bond acceptors (Lipinski definition) is 6. The van der Waals surface area contributed by atoms with Crippen LogP contribution < -0.4 is 15.5 Å². The molecule has 7 nitrogen and oxygen atoms in total. The van der Waals surface area contributed by atoms with Gasteiger partial charge in [-0.3, -0.25) is 10.0 Å². The average molecular weight is 413 g/mol. The Kier molecular flexibility index (Phi) is 6.83. The predicted octanol–water partition coefficient (Wildman–Crippen LogP) is 2.30. The van der Waals surface area contributed by atoms with Crippen molar-refractivity contribution in [3.8, 4) is 11.5 Å². The van der Waals surface area contributed by atoms with E-state index in [4.69, 9.17) is 9.94 Å². The fourth-order valence-electron chi connectivity index (χ4n) is 3.11. The van der Waals surface area contributed by atoms with Crippen molar-refractivity contribution in [2.24, 2.45) is 0 Å². The largest absolute Gasteiger partial charge is 0.457 e. The summed E-state index contributed by atoms with van der Waals surface area (Å²) in [6.45, 7) is 0.736. The Hall–Kier alpha value is -2.13. The van der Waals surface area contributed by atoms with E-state index in [1.54, 1.807) is 24.3 Å². The number of rotatable bonds is 5.